The Kier molecular flexibility index (Phi) is 5.43. The topological polar surface area (TPSA) is 86.9 Å². The third-order valence-corrected chi connectivity index (χ3v) is 4.21. The largest absolute Gasteiger partial charge is 0.465 e. The van der Waals surface area contributed by atoms with E-state index in [1.165, 1.54) is 17.0 Å². The molecule has 0 aliphatic carbocycles. The van der Waals surface area contributed by atoms with Crippen LogP contribution in [-0.4, -0.2) is 51.6 Å². The van der Waals surface area contributed by atoms with Gasteiger partial charge in [0.25, 0.3) is 5.69 Å². The average molecular weight is 335 g/mol. The number of non-ortho nitro benzene ring substituents is 1. The van der Waals surface area contributed by atoms with E-state index in [0.717, 1.165) is 12.0 Å². The van der Waals surface area contributed by atoms with Crippen LogP contribution in [0.4, 0.5) is 10.5 Å². The molecule has 1 saturated heterocycles. The van der Waals surface area contributed by atoms with Gasteiger partial charge >= 0.3 is 6.09 Å². The highest BCUT2D eigenvalue weighted by Gasteiger charge is 2.33. The van der Waals surface area contributed by atoms with Crippen LogP contribution in [0.5, 0.6) is 0 Å². The van der Waals surface area contributed by atoms with Gasteiger partial charge in [-0.3, -0.25) is 15.0 Å². The summed E-state index contributed by atoms with van der Waals surface area (Å²) < 4.78 is 0. The van der Waals surface area contributed by atoms with Crippen LogP contribution in [0.1, 0.15) is 32.8 Å². The van der Waals surface area contributed by atoms with Crippen molar-refractivity contribution in [3.8, 4) is 0 Å². The van der Waals surface area contributed by atoms with Crippen molar-refractivity contribution < 1.29 is 14.8 Å². The number of carbonyl (C=O) groups is 1. The number of nitro groups is 1. The van der Waals surface area contributed by atoms with Gasteiger partial charge in [-0.1, -0.05) is 32.9 Å². The Morgan fingerprint density at radius 2 is 1.92 bits per heavy atom. The smallest absolute Gasteiger partial charge is 0.407 e. The summed E-state index contributed by atoms with van der Waals surface area (Å²) in [6.07, 6.45) is -0.0602. The van der Waals surface area contributed by atoms with E-state index in [9.17, 15) is 20.0 Å². The van der Waals surface area contributed by atoms with Crippen molar-refractivity contribution in [2.24, 2.45) is 5.41 Å². The fourth-order valence-corrected chi connectivity index (χ4v) is 3.18. The van der Waals surface area contributed by atoms with Crippen molar-refractivity contribution in [2.45, 2.75) is 39.8 Å². The molecule has 1 amide bonds. The first kappa shape index (κ1) is 18.2. The van der Waals surface area contributed by atoms with Crippen LogP contribution >= 0.6 is 0 Å². The standard InChI is InChI=1S/C17H25N3O4/c1-17(2,3)10-15-12-18(8-9-19(15)16(21)22)11-13-4-6-14(7-5-13)20(23)24/h4-7,15H,8-12H2,1-3H3,(H,21,22)/t15-/m0/s1. The Morgan fingerprint density at radius 1 is 1.29 bits per heavy atom. The third kappa shape index (κ3) is 4.92. The number of rotatable bonds is 4. The fraction of sp³-hybridized carbons (Fsp3) is 0.588. The molecule has 7 heteroatoms. The SMILES string of the molecule is CC(C)(C)C[C@H]1CN(Cc2ccc([N+](=O)[O-])cc2)CCN1C(=O)O. The van der Waals surface area contributed by atoms with Crippen LogP contribution in [0.3, 0.4) is 0 Å². The molecule has 1 aromatic rings. The Balaban J connectivity index is 2.04. The molecule has 0 spiro atoms. The van der Waals surface area contributed by atoms with E-state index in [1.807, 2.05) is 0 Å². The monoisotopic (exact) mass is 335 g/mol. The Labute approximate surface area is 142 Å². The maximum Gasteiger partial charge on any atom is 0.407 e. The lowest BCUT2D eigenvalue weighted by Crippen LogP contribution is -2.55. The molecule has 1 aliphatic rings. The minimum Gasteiger partial charge on any atom is -0.465 e. The van der Waals surface area contributed by atoms with Crippen molar-refractivity contribution in [2.75, 3.05) is 19.6 Å². The summed E-state index contributed by atoms with van der Waals surface area (Å²) in [5, 5.41) is 20.1. The van der Waals surface area contributed by atoms with Gasteiger partial charge in [0.1, 0.15) is 0 Å². The zero-order chi connectivity index (χ0) is 17.9. The van der Waals surface area contributed by atoms with Crippen LogP contribution in [0.15, 0.2) is 24.3 Å². The number of nitrogens with zero attached hydrogens (tertiary/aromatic N) is 3. The Bertz CT molecular complexity index is 595. The second kappa shape index (κ2) is 7.17. The number of amides is 1. The predicted molar refractivity (Wildman–Crippen MR) is 91.0 cm³/mol. The molecule has 0 aromatic heterocycles. The molecule has 0 unspecified atom stereocenters. The van der Waals surface area contributed by atoms with Gasteiger partial charge in [0.05, 0.1) is 4.92 Å². The number of piperazine rings is 1. The van der Waals surface area contributed by atoms with Gasteiger partial charge < -0.3 is 10.0 Å². The molecule has 24 heavy (non-hydrogen) atoms. The second-order valence-electron chi connectivity index (χ2n) is 7.55. The van der Waals surface area contributed by atoms with Crippen molar-refractivity contribution in [1.29, 1.82) is 0 Å². The van der Waals surface area contributed by atoms with E-state index in [-0.39, 0.29) is 17.1 Å². The van der Waals surface area contributed by atoms with Crippen molar-refractivity contribution in [3.05, 3.63) is 39.9 Å². The Morgan fingerprint density at radius 3 is 2.42 bits per heavy atom. The highest BCUT2D eigenvalue weighted by Crippen LogP contribution is 2.26. The van der Waals surface area contributed by atoms with Crippen LogP contribution in [0.2, 0.25) is 0 Å². The minimum absolute atomic E-state index is 0.0331. The molecular weight excluding hydrogens is 310 g/mol. The first-order valence-electron chi connectivity index (χ1n) is 8.11. The number of benzene rings is 1. The molecule has 1 N–H and O–H groups in total. The number of hydrogen-bond acceptors (Lipinski definition) is 4. The molecule has 1 aliphatic heterocycles. The summed E-state index contributed by atoms with van der Waals surface area (Å²) in [5.74, 6) is 0. The first-order valence-corrected chi connectivity index (χ1v) is 8.11. The molecule has 1 atom stereocenters. The molecule has 0 bridgehead atoms. The number of hydrogen-bond donors (Lipinski definition) is 1. The van der Waals surface area contributed by atoms with Gasteiger partial charge in [-0.2, -0.15) is 0 Å². The van der Waals surface area contributed by atoms with Crippen LogP contribution in [0, 0.1) is 15.5 Å². The first-order chi connectivity index (χ1) is 11.2. The van der Waals surface area contributed by atoms with Gasteiger partial charge in [0.15, 0.2) is 0 Å². The Hall–Kier alpha value is -2.15. The summed E-state index contributed by atoms with van der Waals surface area (Å²) in [6.45, 7) is 8.85. The van der Waals surface area contributed by atoms with Gasteiger partial charge in [-0.05, 0) is 17.4 Å². The molecule has 132 valence electrons. The number of carboxylic acid groups (broad SMARTS) is 1. The molecule has 7 nitrogen and oxygen atoms in total. The fourth-order valence-electron chi connectivity index (χ4n) is 3.18. The van der Waals surface area contributed by atoms with E-state index in [0.29, 0.717) is 26.2 Å². The van der Waals surface area contributed by atoms with E-state index < -0.39 is 11.0 Å². The lowest BCUT2D eigenvalue weighted by molar-refractivity contribution is -0.384. The summed E-state index contributed by atoms with van der Waals surface area (Å²) in [7, 11) is 0. The van der Waals surface area contributed by atoms with Crippen molar-refractivity contribution in [3.63, 3.8) is 0 Å². The quantitative estimate of drug-likeness (QED) is 0.674. The van der Waals surface area contributed by atoms with Crippen LogP contribution < -0.4 is 0 Å². The lowest BCUT2D eigenvalue weighted by Gasteiger charge is -2.42. The second-order valence-corrected chi connectivity index (χ2v) is 7.55. The predicted octanol–water partition coefficient (Wildman–Crippen LogP) is 3.20. The lowest BCUT2D eigenvalue weighted by atomic mass is 9.86. The normalized spacial score (nSPS) is 19.3. The van der Waals surface area contributed by atoms with Crippen molar-refractivity contribution >= 4 is 11.8 Å². The molecule has 0 saturated carbocycles. The molecular formula is C17H25N3O4. The summed E-state index contributed by atoms with van der Waals surface area (Å²) >= 11 is 0. The number of nitro benzene ring substituents is 1. The molecule has 1 fully saturated rings. The highest BCUT2D eigenvalue weighted by atomic mass is 16.6. The molecule has 1 aromatic carbocycles. The van der Waals surface area contributed by atoms with Crippen molar-refractivity contribution in [1.82, 2.24) is 9.80 Å². The minimum atomic E-state index is -0.862. The summed E-state index contributed by atoms with van der Waals surface area (Å²) in [5.41, 5.74) is 1.13. The van der Waals surface area contributed by atoms with Gasteiger partial charge in [0.2, 0.25) is 0 Å². The van der Waals surface area contributed by atoms with E-state index in [4.69, 9.17) is 0 Å². The van der Waals surface area contributed by atoms with Crippen LogP contribution in [-0.2, 0) is 6.54 Å². The van der Waals surface area contributed by atoms with E-state index >= 15 is 0 Å². The van der Waals surface area contributed by atoms with Gasteiger partial charge in [-0.25, -0.2) is 4.79 Å². The zero-order valence-electron chi connectivity index (χ0n) is 14.4. The maximum absolute atomic E-state index is 11.5. The summed E-state index contributed by atoms with van der Waals surface area (Å²) in [4.78, 5) is 25.5. The zero-order valence-corrected chi connectivity index (χ0v) is 14.4. The van der Waals surface area contributed by atoms with Gasteiger partial charge in [0, 0.05) is 44.4 Å². The van der Waals surface area contributed by atoms with Gasteiger partial charge in [-0.15, -0.1) is 0 Å². The van der Waals surface area contributed by atoms with Crippen LogP contribution in [0.25, 0.3) is 0 Å². The molecule has 2 rings (SSSR count). The highest BCUT2D eigenvalue weighted by molar-refractivity contribution is 5.65. The maximum atomic E-state index is 11.5. The molecule has 0 radical (unpaired) electrons. The third-order valence-electron chi connectivity index (χ3n) is 4.21. The van der Waals surface area contributed by atoms with E-state index in [1.54, 1.807) is 12.1 Å². The average Bonchev–Trinajstić information content (AvgIpc) is 2.46. The van der Waals surface area contributed by atoms with E-state index in [2.05, 4.69) is 25.7 Å². The summed E-state index contributed by atoms with van der Waals surface area (Å²) in [6, 6.07) is 6.51. The molecule has 1 heterocycles.